The third-order valence-electron chi connectivity index (χ3n) is 3.30. The van der Waals surface area contributed by atoms with Crippen LogP contribution in [0.25, 0.3) is 10.9 Å². The van der Waals surface area contributed by atoms with Gasteiger partial charge in [-0.25, -0.2) is 0 Å². The van der Waals surface area contributed by atoms with E-state index in [4.69, 9.17) is 4.74 Å². The van der Waals surface area contributed by atoms with Crippen molar-refractivity contribution in [3.63, 3.8) is 0 Å². The van der Waals surface area contributed by atoms with Crippen molar-refractivity contribution in [2.45, 2.75) is 13.5 Å². The molecule has 21 heavy (non-hydrogen) atoms. The monoisotopic (exact) mass is 278 g/mol. The molecule has 3 nitrogen and oxygen atoms in total. The van der Waals surface area contributed by atoms with Gasteiger partial charge in [-0.1, -0.05) is 24.3 Å². The Kier molecular flexibility index (Phi) is 4.01. The Labute approximate surface area is 124 Å². The molecule has 0 saturated heterocycles. The summed E-state index contributed by atoms with van der Waals surface area (Å²) in [6.07, 6.45) is 0. The molecular formula is C18H18N2O. The Morgan fingerprint density at radius 2 is 1.76 bits per heavy atom. The normalized spacial score (nSPS) is 10.5. The van der Waals surface area contributed by atoms with E-state index in [0.717, 1.165) is 22.6 Å². The highest BCUT2D eigenvalue weighted by molar-refractivity contribution is 5.78. The topological polar surface area (TPSA) is 34.1 Å². The van der Waals surface area contributed by atoms with Gasteiger partial charge < -0.3 is 10.1 Å². The maximum Gasteiger partial charge on any atom is 0.119 e. The van der Waals surface area contributed by atoms with Gasteiger partial charge in [-0.15, -0.1) is 0 Å². The van der Waals surface area contributed by atoms with Crippen LogP contribution in [0.4, 0.5) is 5.69 Å². The first-order valence-electron chi connectivity index (χ1n) is 7.16. The lowest BCUT2D eigenvalue weighted by Gasteiger charge is -2.08. The maximum atomic E-state index is 5.43. The van der Waals surface area contributed by atoms with Crippen LogP contribution in [-0.2, 0) is 6.54 Å². The van der Waals surface area contributed by atoms with Gasteiger partial charge >= 0.3 is 0 Å². The predicted molar refractivity (Wildman–Crippen MR) is 86.7 cm³/mol. The van der Waals surface area contributed by atoms with Crippen LogP contribution in [0.3, 0.4) is 0 Å². The largest absolute Gasteiger partial charge is 0.494 e. The fourth-order valence-electron chi connectivity index (χ4n) is 2.23. The summed E-state index contributed by atoms with van der Waals surface area (Å²) in [4.78, 5) is 4.65. The third-order valence-corrected chi connectivity index (χ3v) is 3.30. The number of hydrogen-bond acceptors (Lipinski definition) is 3. The van der Waals surface area contributed by atoms with Crippen LogP contribution in [0.15, 0.2) is 60.7 Å². The van der Waals surface area contributed by atoms with E-state index in [-0.39, 0.29) is 0 Å². The van der Waals surface area contributed by atoms with Gasteiger partial charge in [0.1, 0.15) is 5.75 Å². The lowest BCUT2D eigenvalue weighted by molar-refractivity contribution is 0.340. The molecule has 0 fully saturated rings. The second-order valence-electron chi connectivity index (χ2n) is 4.81. The SMILES string of the molecule is CCOc1ccc(NCc2ccc3ccccc3n2)cc1. The van der Waals surface area contributed by atoms with Crippen molar-refractivity contribution < 1.29 is 4.74 Å². The number of para-hydroxylation sites is 1. The molecule has 0 spiro atoms. The number of anilines is 1. The lowest BCUT2D eigenvalue weighted by Crippen LogP contribution is -2.01. The summed E-state index contributed by atoms with van der Waals surface area (Å²) in [7, 11) is 0. The van der Waals surface area contributed by atoms with Gasteiger partial charge in [0, 0.05) is 11.1 Å². The molecule has 0 aliphatic heterocycles. The standard InChI is InChI=1S/C18H18N2O/c1-2-21-17-11-9-15(10-12-17)19-13-16-8-7-14-5-3-4-6-18(14)20-16/h3-12,19H,2,13H2,1H3. The molecule has 0 aliphatic rings. The molecule has 0 bridgehead atoms. The van der Waals surface area contributed by atoms with E-state index in [1.54, 1.807) is 0 Å². The Morgan fingerprint density at radius 1 is 0.952 bits per heavy atom. The fraction of sp³-hybridized carbons (Fsp3) is 0.167. The zero-order valence-corrected chi connectivity index (χ0v) is 12.0. The first kappa shape index (κ1) is 13.4. The van der Waals surface area contributed by atoms with E-state index in [1.807, 2.05) is 49.4 Å². The predicted octanol–water partition coefficient (Wildman–Crippen LogP) is 4.25. The summed E-state index contributed by atoms with van der Waals surface area (Å²) in [5, 5.41) is 4.55. The van der Waals surface area contributed by atoms with Crippen LogP contribution in [0.1, 0.15) is 12.6 Å². The number of rotatable bonds is 5. The average molecular weight is 278 g/mol. The highest BCUT2D eigenvalue weighted by atomic mass is 16.5. The molecule has 1 N–H and O–H groups in total. The van der Waals surface area contributed by atoms with Crippen molar-refractivity contribution in [3.05, 3.63) is 66.4 Å². The maximum absolute atomic E-state index is 5.43. The molecule has 1 aromatic heterocycles. The van der Waals surface area contributed by atoms with Crippen LogP contribution in [0.2, 0.25) is 0 Å². The van der Waals surface area contributed by atoms with Crippen LogP contribution in [0.5, 0.6) is 5.75 Å². The second-order valence-corrected chi connectivity index (χ2v) is 4.81. The molecule has 3 heteroatoms. The summed E-state index contributed by atoms with van der Waals surface area (Å²) in [5.41, 5.74) is 3.12. The Hall–Kier alpha value is -2.55. The Bertz CT molecular complexity index is 723. The van der Waals surface area contributed by atoms with E-state index in [0.29, 0.717) is 13.2 Å². The van der Waals surface area contributed by atoms with Crippen LogP contribution in [0, 0.1) is 0 Å². The first-order valence-corrected chi connectivity index (χ1v) is 7.16. The smallest absolute Gasteiger partial charge is 0.119 e. The molecule has 3 aromatic rings. The summed E-state index contributed by atoms with van der Waals surface area (Å²) in [5.74, 6) is 0.895. The second kappa shape index (κ2) is 6.27. The van der Waals surface area contributed by atoms with E-state index in [2.05, 4.69) is 28.5 Å². The highest BCUT2D eigenvalue weighted by Gasteiger charge is 1.99. The van der Waals surface area contributed by atoms with E-state index in [9.17, 15) is 0 Å². The number of nitrogens with zero attached hydrogens (tertiary/aromatic N) is 1. The van der Waals surface area contributed by atoms with E-state index in [1.165, 1.54) is 5.39 Å². The molecule has 0 saturated carbocycles. The molecular weight excluding hydrogens is 260 g/mol. The molecule has 0 unspecified atom stereocenters. The van der Waals surface area contributed by atoms with E-state index < -0.39 is 0 Å². The molecule has 3 rings (SSSR count). The molecule has 106 valence electrons. The van der Waals surface area contributed by atoms with Crippen LogP contribution in [-0.4, -0.2) is 11.6 Å². The zero-order valence-electron chi connectivity index (χ0n) is 12.0. The molecule has 2 aromatic carbocycles. The van der Waals surface area contributed by atoms with Crippen molar-refractivity contribution in [2.24, 2.45) is 0 Å². The summed E-state index contributed by atoms with van der Waals surface area (Å²) < 4.78 is 5.43. The quantitative estimate of drug-likeness (QED) is 0.757. The zero-order chi connectivity index (χ0) is 14.5. The van der Waals surface area contributed by atoms with Gasteiger partial charge in [0.25, 0.3) is 0 Å². The van der Waals surface area contributed by atoms with Gasteiger partial charge in [-0.2, -0.15) is 0 Å². The number of pyridine rings is 1. The van der Waals surface area contributed by atoms with Crippen LogP contribution >= 0.6 is 0 Å². The van der Waals surface area contributed by atoms with Crippen LogP contribution < -0.4 is 10.1 Å². The third kappa shape index (κ3) is 3.31. The molecule has 0 amide bonds. The summed E-state index contributed by atoms with van der Waals surface area (Å²) in [6, 6.07) is 20.3. The van der Waals surface area contributed by atoms with Crippen molar-refractivity contribution >= 4 is 16.6 Å². The van der Waals surface area contributed by atoms with Crippen molar-refractivity contribution in [3.8, 4) is 5.75 Å². The van der Waals surface area contributed by atoms with Gasteiger partial charge in [0.15, 0.2) is 0 Å². The minimum absolute atomic E-state index is 0.688. The number of ether oxygens (including phenoxy) is 1. The number of hydrogen-bond donors (Lipinski definition) is 1. The first-order chi connectivity index (χ1) is 10.3. The number of aromatic nitrogens is 1. The molecule has 0 atom stereocenters. The Morgan fingerprint density at radius 3 is 2.57 bits per heavy atom. The average Bonchev–Trinajstić information content (AvgIpc) is 2.54. The number of nitrogens with one attached hydrogen (secondary N) is 1. The van der Waals surface area contributed by atoms with E-state index >= 15 is 0 Å². The lowest BCUT2D eigenvalue weighted by atomic mass is 10.2. The van der Waals surface area contributed by atoms with Gasteiger partial charge in [-0.3, -0.25) is 4.98 Å². The van der Waals surface area contributed by atoms with Gasteiger partial charge in [0.2, 0.25) is 0 Å². The number of benzene rings is 2. The van der Waals surface area contributed by atoms with Gasteiger partial charge in [0.05, 0.1) is 24.4 Å². The Balaban J connectivity index is 1.68. The molecule has 1 heterocycles. The fourth-order valence-corrected chi connectivity index (χ4v) is 2.23. The summed E-state index contributed by atoms with van der Waals surface area (Å²) in [6.45, 7) is 3.38. The van der Waals surface area contributed by atoms with Gasteiger partial charge in [-0.05, 0) is 43.3 Å². The molecule has 0 aliphatic carbocycles. The minimum Gasteiger partial charge on any atom is -0.494 e. The van der Waals surface area contributed by atoms with Crippen molar-refractivity contribution in [2.75, 3.05) is 11.9 Å². The highest BCUT2D eigenvalue weighted by Crippen LogP contribution is 2.17. The van der Waals surface area contributed by atoms with Crippen molar-refractivity contribution in [1.82, 2.24) is 4.98 Å². The number of fused-ring (bicyclic) bond motifs is 1. The minimum atomic E-state index is 0.688. The van der Waals surface area contributed by atoms with Crippen molar-refractivity contribution in [1.29, 1.82) is 0 Å². The molecule has 0 radical (unpaired) electrons. The summed E-state index contributed by atoms with van der Waals surface area (Å²) >= 11 is 0.